The first-order valence-corrected chi connectivity index (χ1v) is 5.08. The van der Waals surface area contributed by atoms with Crippen LogP contribution in [0.5, 0.6) is 0 Å². The minimum atomic E-state index is -4.54. The van der Waals surface area contributed by atoms with Gasteiger partial charge in [0.1, 0.15) is 18.5 Å². The van der Waals surface area contributed by atoms with Crippen molar-refractivity contribution in [3.63, 3.8) is 0 Å². The van der Waals surface area contributed by atoms with Crippen LogP contribution in [0.3, 0.4) is 0 Å². The van der Waals surface area contributed by atoms with Gasteiger partial charge in [-0.15, -0.1) is 0 Å². The molecule has 102 valence electrons. The molecule has 6 nitrogen and oxygen atoms in total. The van der Waals surface area contributed by atoms with Crippen molar-refractivity contribution in [2.45, 2.75) is 25.1 Å². The van der Waals surface area contributed by atoms with Gasteiger partial charge in [0, 0.05) is 0 Å². The zero-order valence-corrected chi connectivity index (χ0v) is 9.08. The molecule has 0 radical (unpaired) electrons. The fourth-order valence-corrected chi connectivity index (χ4v) is 1.59. The standard InChI is InChI=1S/C9H11F3N2O4/c10-9(11,12)5-2-1-4(8(18)14-5)7(17)13-3-6(15)16/h4-5H,1-3H2,(H,13,17)(H,14,18)(H,15,16). The van der Waals surface area contributed by atoms with Crippen LogP contribution in [0.2, 0.25) is 0 Å². The van der Waals surface area contributed by atoms with Crippen molar-refractivity contribution in [1.29, 1.82) is 0 Å². The molecule has 1 fully saturated rings. The zero-order chi connectivity index (χ0) is 13.9. The molecular weight excluding hydrogens is 257 g/mol. The average molecular weight is 268 g/mol. The second-order valence-electron chi connectivity index (χ2n) is 3.84. The van der Waals surface area contributed by atoms with E-state index in [1.54, 1.807) is 5.32 Å². The molecule has 2 amide bonds. The second-order valence-corrected chi connectivity index (χ2v) is 3.84. The number of aliphatic carboxylic acids is 1. The van der Waals surface area contributed by atoms with Gasteiger partial charge in [-0.3, -0.25) is 14.4 Å². The van der Waals surface area contributed by atoms with Crippen molar-refractivity contribution >= 4 is 17.8 Å². The van der Waals surface area contributed by atoms with E-state index >= 15 is 0 Å². The van der Waals surface area contributed by atoms with Gasteiger partial charge in [-0.1, -0.05) is 0 Å². The lowest BCUT2D eigenvalue weighted by Crippen LogP contribution is -2.54. The van der Waals surface area contributed by atoms with Crippen molar-refractivity contribution in [2.75, 3.05) is 6.54 Å². The Kier molecular flexibility index (Phi) is 4.15. The molecule has 1 heterocycles. The molecule has 1 saturated heterocycles. The Bertz CT molecular complexity index is 369. The molecule has 1 rings (SSSR count). The summed E-state index contributed by atoms with van der Waals surface area (Å²) in [5, 5.41) is 12.0. The lowest BCUT2D eigenvalue weighted by atomic mass is 9.93. The van der Waals surface area contributed by atoms with Gasteiger partial charge >= 0.3 is 12.1 Å². The summed E-state index contributed by atoms with van der Waals surface area (Å²) >= 11 is 0. The third-order valence-corrected chi connectivity index (χ3v) is 2.50. The summed E-state index contributed by atoms with van der Waals surface area (Å²) in [5.41, 5.74) is 0. The Morgan fingerprint density at radius 2 is 2.00 bits per heavy atom. The first-order chi connectivity index (χ1) is 8.21. The van der Waals surface area contributed by atoms with Crippen LogP contribution < -0.4 is 10.6 Å². The van der Waals surface area contributed by atoms with Crippen LogP contribution in [0, 0.1) is 5.92 Å². The minimum Gasteiger partial charge on any atom is -0.480 e. The zero-order valence-electron chi connectivity index (χ0n) is 9.08. The largest absolute Gasteiger partial charge is 0.480 e. The van der Waals surface area contributed by atoms with E-state index in [1.165, 1.54) is 0 Å². The second kappa shape index (κ2) is 5.23. The van der Waals surface area contributed by atoms with Gasteiger partial charge < -0.3 is 15.7 Å². The fraction of sp³-hybridized carbons (Fsp3) is 0.667. The number of alkyl halides is 3. The number of rotatable bonds is 3. The third kappa shape index (κ3) is 3.60. The fourth-order valence-electron chi connectivity index (χ4n) is 1.59. The molecule has 2 atom stereocenters. The van der Waals surface area contributed by atoms with Crippen molar-refractivity contribution in [2.24, 2.45) is 5.92 Å². The van der Waals surface area contributed by atoms with E-state index in [4.69, 9.17) is 5.11 Å². The molecule has 0 aromatic heterocycles. The lowest BCUT2D eigenvalue weighted by molar-refractivity contribution is -0.171. The van der Waals surface area contributed by atoms with Crippen LogP contribution in [-0.4, -0.2) is 41.7 Å². The van der Waals surface area contributed by atoms with E-state index in [1.807, 2.05) is 5.32 Å². The molecule has 0 spiro atoms. The Morgan fingerprint density at radius 3 is 2.44 bits per heavy atom. The predicted molar refractivity (Wildman–Crippen MR) is 51.4 cm³/mol. The van der Waals surface area contributed by atoms with Crippen molar-refractivity contribution in [3.05, 3.63) is 0 Å². The monoisotopic (exact) mass is 268 g/mol. The van der Waals surface area contributed by atoms with Crippen molar-refractivity contribution < 1.29 is 32.7 Å². The van der Waals surface area contributed by atoms with Crippen molar-refractivity contribution in [3.8, 4) is 0 Å². The highest BCUT2D eigenvalue weighted by molar-refractivity contribution is 6.01. The third-order valence-electron chi connectivity index (χ3n) is 2.50. The summed E-state index contributed by atoms with van der Waals surface area (Å²) in [7, 11) is 0. The maximum Gasteiger partial charge on any atom is 0.408 e. The van der Waals surface area contributed by atoms with Gasteiger partial charge in [0.25, 0.3) is 0 Å². The maximum absolute atomic E-state index is 12.3. The van der Waals surface area contributed by atoms with E-state index in [0.29, 0.717) is 0 Å². The molecule has 0 aromatic rings. The number of carbonyl (C=O) groups excluding carboxylic acids is 2. The van der Waals surface area contributed by atoms with Gasteiger partial charge in [0.05, 0.1) is 0 Å². The quantitative estimate of drug-likeness (QED) is 0.609. The van der Waals surface area contributed by atoms with E-state index in [-0.39, 0.29) is 6.42 Å². The van der Waals surface area contributed by atoms with E-state index in [0.717, 1.165) is 0 Å². The molecule has 1 aliphatic rings. The highest BCUT2D eigenvalue weighted by atomic mass is 19.4. The average Bonchev–Trinajstić information content (AvgIpc) is 2.24. The number of amides is 2. The SMILES string of the molecule is O=C(O)CNC(=O)C1CCC(C(F)(F)F)NC1=O. The summed E-state index contributed by atoms with van der Waals surface area (Å²) in [6.07, 6.45) is -5.21. The summed E-state index contributed by atoms with van der Waals surface area (Å²) < 4.78 is 36.9. The van der Waals surface area contributed by atoms with E-state index in [2.05, 4.69) is 0 Å². The number of hydrogen-bond donors (Lipinski definition) is 3. The highest BCUT2D eigenvalue weighted by Crippen LogP contribution is 2.28. The van der Waals surface area contributed by atoms with Crippen LogP contribution in [0.25, 0.3) is 0 Å². The van der Waals surface area contributed by atoms with Crippen LogP contribution in [0.15, 0.2) is 0 Å². The summed E-state index contributed by atoms with van der Waals surface area (Å²) in [6, 6.07) is -1.95. The Hall–Kier alpha value is -1.80. The molecule has 9 heteroatoms. The van der Waals surface area contributed by atoms with Gasteiger partial charge in [-0.2, -0.15) is 13.2 Å². The smallest absolute Gasteiger partial charge is 0.408 e. The molecule has 0 aromatic carbocycles. The van der Waals surface area contributed by atoms with Gasteiger partial charge in [0.15, 0.2) is 0 Å². The molecule has 3 N–H and O–H groups in total. The normalized spacial score (nSPS) is 24.3. The number of carboxylic acids is 1. The summed E-state index contributed by atoms with van der Waals surface area (Å²) in [4.78, 5) is 32.9. The maximum atomic E-state index is 12.3. The summed E-state index contributed by atoms with van der Waals surface area (Å²) in [6.45, 7) is -0.675. The Labute approximate surface area is 99.5 Å². The molecular formula is C9H11F3N2O4. The van der Waals surface area contributed by atoms with Crippen LogP contribution in [-0.2, 0) is 14.4 Å². The van der Waals surface area contributed by atoms with Crippen LogP contribution >= 0.6 is 0 Å². The van der Waals surface area contributed by atoms with E-state index in [9.17, 15) is 27.6 Å². The number of nitrogens with one attached hydrogen (secondary N) is 2. The number of carbonyl (C=O) groups is 3. The first kappa shape index (κ1) is 14.3. The first-order valence-electron chi connectivity index (χ1n) is 5.08. The Morgan fingerprint density at radius 1 is 1.39 bits per heavy atom. The summed E-state index contributed by atoms with van der Waals surface area (Å²) in [5.74, 6) is -4.49. The predicted octanol–water partition coefficient (Wildman–Crippen LogP) is -0.356. The van der Waals surface area contributed by atoms with Gasteiger partial charge in [-0.25, -0.2) is 0 Å². The van der Waals surface area contributed by atoms with Gasteiger partial charge in [-0.05, 0) is 12.8 Å². The molecule has 0 saturated carbocycles. The number of halogens is 3. The Balaban J connectivity index is 2.55. The molecule has 2 unspecified atom stereocenters. The van der Waals surface area contributed by atoms with Crippen LogP contribution in [0.1, 0.15) is 12.8 Å². The number of piperidine rings is 1. The van der Waals surface area contributed by atoms with Crippen molar-refractivity contribution in [1.82, 2.24) is 10.6 Å². The molecule has 1 aliphatic heterocycles. The molecule has 0 bridgehead atoms. The lowest BCUT2D eigenvalue weighted by Gasteiger charge is -2.29. The number of carboxylic acid groups (broad SMARTS) is 1. The minimum absolute atomic E-state index is 0.262. The topological polar surface area (TPSA) is 95.5 Å². The number of hydrogen-bond acceptors (Lipinski definition) is 3. The van der Waals surface area contributed by atoms with Gasteiger partial charge in [0.2, 0.25) is 11.8 Å². The molecule has 0 aliphatic carbocycles. The van der Waals surface area contributed by atoms with Crippen LogP contribution in [0.4, 0.5) is 13.2 Å². The molecule has 18 heavy (non-hydrogen) atoms. The van der Waals surface area contributed by atoms with E-state index < -0.39 is 48.9 Å². The highest BCUT2D eigenvalue weighted by Gasteiger charge is 2.45.